The van der Waals surface area contributed by atoms with E-state index in [-0.39, 0.29) is 0 Å². The van der Waals surface area contributed by atoms with Gasteiger partial charge in [-0.25, -0.2) is 4.98 Å². The molecule has 13 heavy (non-hydrogen) atoms. The lowest BCUT2D eigenvalue weighted by molar-refractivity contribution is 0.758. The normalized spacial score (nSPS) is 12.6. The quantitative estimate of drug-likeness (QED) is 0.807. The van der Waals surface area contributed by atoms with E-state index in [2.05, 4.69) is 24.1 Å². The van der Waals surface area contributed by atoms with E-state index in [0.717, 1.165) is 17.9 Å². The van der Waals surface area contributed by atoms with E-state index in [0.29, 0.717) is 11.1 Å². The summed E-state index contributed by atoms with van der Waals surface area (Å²) in [6.45, 7) is 6.19. The number of hydrogen-bond donors (Lipinski definition) is 1. The van der Waals surface area contributed by atoms with Gasteiger partial charge < -0.3 is 5.32 Å². The van der Waals surface area contributed by atoms with Crippen molar-refractivity contribution < 1.29 is 0 Å². The lowest BCUT2D eigenvalue weighted by Crippen LogP contribution is -2.14. The Bertz CT molecular complexity index is 286. The van der Waals surface area contributed by atoms with Crippen LogP contribution in [0.3, 0.4) is 0 Å². The molecule has 0 saturated heterocycles. The van der Waals surface area contributed by atoms with Crippen LogP contribution in [0, 0.1) is 6.92 Å². The molecule has 1 aromatic rings. The summed E-state index contributed by atoms with van der Waals surface area (Å²) in [5.74, 6) is 0.788. The number of pyridine rings is 1. The van der Waals surface area contributed by atoms with Gasteiger partial charge in [-0.05, 0) is 32.4 Å². The van der Waals surface area contributed by atoms with Crippen LogP contribution in [0.1, 0.15) is 26.0 Å². The maximum absolute atomic E-state index is 5.97. The van der Waals surface area contributed by atoms with Gasteiger partial charge in [0.2, 0.25) is 0 Å². The largest absolute Gasteiger partial charge is 0.366 e. The topological polar surface area (TPSA) is 24.9 Å². The molecule has 0 aliphatic heterocycles. The summed E-state index contributed by atoms with van der Waals surface area (Å²) in [5, 5.41) is 3.94. The molecule has 0 spiro atoms. The molecule has 0 bridgehead atoms. The number of anilines is 1. The third-order valence-corrected chi connectivity index (χ3v) is 2.29. The van der Waals surface area contributed by atoms with Crippen molar-refractivity contribution in [3.05, 3.63) is 22.8 Å². The lowest BCUT2D eigenvalue weighted by Gasteiger charge is -2.13. The second-order valence-electron chi connectivity index (χ2n) is 3.24. The van der Waals surface area contributed by atoms with Crippen molar-refractivity contribution in [2.45, 2.75) is 33.2 Å². The minimum Gasteiger partial charge on any atom is -0.366 e. The molecule has 0 aliphatic rings. The van der Waals surface area contributed by atoms with Crippen molar-refractivity contribution in [1.82, 2.24) is 4.98 Å². The summed E-state index contributed by atoms with van der Waals surface area (Å²) in [6, 6.07) is 4.19. The van der Waals surface area contributed by atoms with Gasteiger partial charge in [0.05, 0.1) is 5.02 Å². The van der Waals surface area contributed by atoms with Crippen LogP contribution in [0.4, 0.5) is 5.82 Å². The highest BCUT2D eigenvalue weighted by Gasteiger charge is 2.04. The molecule has 0 saturated carbocycles. The number of nitrogens with zero attached hydrogens (tertiary/aromatic N) is 1. The number of halogens is 1. The van der Waals surface area contributed by atoms with E-state index >= 15 is 0 Å². The number of hydrogen-bond acceptors (Lipinski definition) is 2. The highest BCUT2D eigenvalue weighted by atomic mass is 35.5. The molecular weight excluding hydrogens is 184 g/mol. The van der Waals surface area contributed by atoms with E-state index in [9.17, 15) is 0 Å². The Balaban J connectivity index is 2.81. The highest BCUT2D eigenvalue weighted by molar-refractivity contribution is 6.32. The van der Waals surface area contributed by atoms with Crippen LogP contribution in [0.5, 0.6) is 0 Å². The third-order valence-electron chi connectivity index (χ3n) is 1.98. The van der Waals surface area contributed by atoms with Gasteiger partial charge in [-0.1, -0.05) is 18.5 Å². The van der Waals surface area contributed by atoms with Crippen molar-refractivity contribution in [1.29, 1.82) is 0 Å². The minimum atomic E-state index is 0.409. The van der Waals surface area contributed by atoms with Gasteiger partial charge in [0, 0.05) is 11.7 Å². The molecule has 0 fully saturated rings. The Labute approximate surface area is 84.3 Å². The first-order valence-electron chi connectivity index (χ1n) is 4.53. The Hall–Kier alpha value is -0.760. The second-order valence-corrected chi connectivity index (χ2v) is 3.64. The fourth-order valence-electron chi connectivity index (χ4n) is 0.976. The Kier molecular flexibility index (Phi) is 3.55. The molecule has 2 nitrogen and oxygen atoms in total. The first-order valence-corrected chi connectivity index (χ1v) is 4.91. The molecule has 1 atom stereocenters. The zero-order chi connectivity index (χ0) is 9.84. The van der Waals surface area contributed by atoms with Crippen LogP contribution in [-0.4, -0.2) is 11.0 Å². The summed E-state index contributed by atoms with van der Waals surface area (Å²) < 4.78 is 0. The highest BCUT2D eigenvalue weighted by Crippen LogP contribution is 2.20. The maximum Gasteiger partial charge on any atom is 0.145 e. The fourth-order valence-corrected chi connectivity index (χ4v) is 1.14. The van der Waals surface area contributed by atoms with E-state index in [1.807, 2.05) is 19.1 Å². The van der Waals surface area contributed by atoms with Crippen molar-refractivity contribution in [3.8, 4) is 0 Å². The number of aryl methyl sites for hydroxylation is 1. The summed E-state index contributed by atoms with van der Waals surface area (Å²) in [6.07, 6.45) is 1.06. The van der Waals surface area contributed by atoms with Crippen molar-refractivity contribution >= 4 is 17.4 Å². The Morgan fingerprint density at radius 2 is 2.23 bits per heavy atom. The van der Waals surface area contributed by atoms with E-state index in [1.54, 1.807) is 0 Å². The zero-order valence-electron chi connectivity index (χ0n) is 8.26. The number of rotatable bonds is 3. The molecule has 1 aromatic heterocycles. The van der Waals surface area contributed by atoms with E-state index < -0.39 is 0 Å². The Morgan fingerprint density at radius 3 is 2.85 bits per heavy atom. The summed E-state index contributed by atoms with van der Waals surface area (Å²) in [5.41, 5.74) is 0.982. The van der Waals surface area contributed by atoms with Gasteiger partial charge in [0.1, 0.15) is 5.82 Å². The predicted octanol–water partition coefficient (Wildman–Crippen LogP) is 3.25. The van der Waals surface area contributed by atoms with Crippen molar-refractivity contribution in [3.63, 3.8) is 0 Å². The number of aromatic nitrogens is 1. The SMILES string of the molecule is CCC(C)Nc1nc(C)ccc1Cl. The predicted molar refractivity (Wildman–Crippen MR) is 57.4 cm³/mol. The number of nitrogens with one attached hydrogen (secondary N) is 1. The summed E-state index contributed by atoms with van der Waals surface area (Å²) in [4.78, 5) is 4.32. The van der Waals surface area contributed by atoms with E-state index in [4.69, 9.17) is 11.6 Å². The van der Waals surface area contributed by atoms with Gasteiger partial charge in [0.25, 0.3) is 0 Å². The lowest BCUT2D eigenvalue weighted by atomic mass is 10.2. The molecule has 1 rings (SSSR count). The van der Waals surface area contributed by atoms with Crippen LogP contribution in [0.25, 0.3) is 0 Å². The molecule has 0 amide bonds. The smallest absolute Gasteiger partial charge is 0.145 e. The molecule has 1 N–H and O–H groups in total. The van der Waals surface area contributed by atoms with Crippen molar-refractivity contribution in [2.75, 3.05) is 5.32 Å². The monoisotopic (exact) mass is 198 g/mol. The van der Waals surface area contributed by atoms with Crippen LogP contribution in [0.15, 0.2) is 12.1 Å². The molecule has 72 valence electrons. The van der Waals surface area contributed by atoms with Gasteiger partial charge >= 0.3 is 0 Å². The van der Waals surface area contributed by atoms with Crippen molar-refractivity contribution in [2.24, 2.45) is 0 Å². The first kappa shape index (κ1) is 10.3. The zero-order valence-corrected chi connectivity index (χ0v) is 9.02. The standard InChI is InChI=1S/C10H15ClN2/c1-4-7(2)12-10-9(11)6-5-8(3)13-10/h5-7H,4H2,1-3H3,(H,12,13). The Morgan fingerprint density at radius 1 is 1.54 bits per heavy atom. The summed E-state index contributed by atoms with van der Waals surface area (Å²) >= 11 is 5.97. The molecule has 0 aliphatic carbocycles. The van der Waals surface area contributed by atoms with E-state index in [1.165, 1.54) is 0 Å². The third kappa shape index (κ3) is 2.88. The molecule has 1 unspecified atom stereocenters. The summed E-state index contributed by atoms with van der Waals surface area (Å²) in [7, 11) is 0. The molecule has 1 heterocycles. The van der Waals surface area contributed by atoms with Crippen LogP contribution in [0.2, 0.25) is 5.02 Å². The minimum absolute atomic E-state index is 0.409. The van der Waals surface area contributed by atoms with Gasteiger partial charge in [0.15, 0.2) is 0 Å². The van der Waals surface area contributed by atoms with Crippen LogP contribution < -0.4 is 5.32 Å². The molecule has 0 radical (unpaired) electrons. The average molecular weight is 199 g/mol. The molecule has 0 aromatic carbocycles. The maximum atomic E-state index is 5.97. The fraction of sp³-hybridized carbons (Fsp3) is 0.500. The van der Waals surface area contributed by atoms with Crippen LogP contribution >= 0.6 is 11.6 Å². The van der Waals surface area contributed by atoms with Gasteiger partial charge in [-0.15, -0.1) is 0 Å². The van der Waals surface area contributed by atoms with Gasteiger partial charge in [-0.2, -0.15) is 0 Å². The average Bonchev–Trinajstić information content (AvgIpc) is 2.11. The molecular formula is C10H15ClN2. The van der Waals surface area contributed by atoms with Crippen LogP contribution in [-0.2, 0) is 0 Å². The molecule has 3 heteroatoms. The van der Waals surface area contributed by atoms with Gasteiger partial charge in [-0.3, -0.25) is 0 Å². The first-order chi connectivity index (χ1) is 6.13. The second kappa shape index (κ2) is 4.47.